The molecule has 0 aromatic carbocycles. The highest BCUT2D eigenvalue weighted by Crippen LogP contribution is 2.13. The van der Waals surface area contributed by atoms with Gasteiger partial charge in [-0.25, -0.2) is 0 Å². The van der Waals surface area contributed by atoms with Crippen LogP contribution in [0.5, 0.6) is 0 Å². The fraction of sp³-hybridized carbons (Fsp3) is 1.00. The van der Waals surface area contributed by atoms with Crippen LogP contribution in [0.3, 0.4) is 0 Å². The van der Waals surface area contributed by atoms with E-state index in [0.29, 0.717) is 0 Å². The SMILES string of the molecule is [SiH3]CCCCCCCCCCCCCCCC[SiH3]. The lowest BCUT2D eigenvalue weighted by atomic mass is 10.0. The average molecular weight is 287 g/mol. The average Bonchev–Trinajstić information content (AvgIpc) is 2.39. The minimum Gasteiger partial charge on any atom is -0.0658 e. The molecule has 0 radical (unpaired) electrons. The molecule has 0 fully saturated rings. The lowest BCUT2D eigenvalue weighted by molar-refractivity contribution is 0.538. The minimum absolute atomic E-state index is 1.41. The predicted octanol–water partition coefficient (Wildman–Crippen LogP) is 4.02. The minimum atomic E-state index is 1.41. The van der Waals surface area contributed by atoms with E-state index in [1.165, 1.54) is 122 Å². The van der Waals surface area contributed by atoms with Gasteiger partial charge >= 0.3 is 0 Å². The molecule has 0 saturated heterocycles. The van der Waals surface area contributed by atoms with Crippen LogP contribution in [0.15, 0.2) is 0 Å². The quantitative estimate of drug-likeness (QED) is 0.315. The second-order valence-corrected chi connectivity index (χ2v) is 7.95. The van der Waals surface area contributed by atoms with E-state index in [2.05, 4.69) is 0 Å². The first-order chi connectivity index (χ1) is 8.91. The zero-order valence-electron chi connectivity index (χ0n) is 13.3. The first-order valence-corrected chi connectivity index (χ1v) is 11.7. The van der Waals surface area contributed by atoms with Crippen LogP contribution < -0.4 is 0 Å². The Morgan fingerprint density at radius 2 is 0.444 bits per heavy atom. The topological polar surface area (TPSA) is 0 Å². The Morgan fingerprint density at radius 1 is 0.278 bits per heavy atom. The summed E-state index contributed by atoms with van der Waals surface area (Å²) in [5.74, 6) is 0. The molecule has 0 nitrogen and oxygen atoms in total. The Hall–Kier alpha value is 0.434. The molecule has 0 bridgehead atoms. The van der Waals surface area contributed by atoms with Crippen LogP contribution in [0.2, 0.25) is 12.1 Å². The molecule has 0 saturated carbocycles. The van der Waals surface area contributed by atoms with Crippen molar-refractivity contribution in [1.82, 2.24) is 0 Å². The van der Waals surface area contributed by atoms with E-state index in [-0.39, 0.29) is 0 Å². The lowest BCUT2D eigenvalue weighted by Crippen LogP contribution is -1.83. The molecule has 0 aromatic rings. The van der Waals surface area contributed by atoms with Gasteiger partial charge in [0, 0.05) is 20.5 Å². The number of hydrogen-bond acceptors (Lipinski definition) is 0. The van der Waals surface area contributed by atoms with Crippen molar-refractivity contribution in [3.05, 3.63) is 0 Å². The monoisotopic (exact) mass is 286 g/mol. The molecule has 0 aliphatic rings. The lowest BCUT2D eigenvalue weighted by Gasteiger charge is -2.03. The summed E-state index contributed by atoms with van der Waals surface area (Å²) in [6, 6.07) is 3.03. The Kier molecular flexibility index (Phi) is 17.9. The van der Waals surface area contributed by atoms with Gasteiger partial charge in [0.25, 0.3) is 0 Å². The van der Waals surface area contributed by atoms with Gasteiger partial charge in [0.1, 0.15) is 0 Å². The van der Waals surface area contributed by atoms with Gasteiger partial charge in [-0.15, -0.1) is 0 Å². The van der Waals surface area contributed by atoms with E-state index in [0.717, 1.165) is 0 Å². The first-order valence-electron chi connectivity index (χ1n) is 8.91. The van der Waals surface area contributed by atoms with Crippen molar-refractivity contribution in [2.45, 2.75) is 102 Å². The third-order valence-corrected chi connectivity index (χ3v) is 5.37. The molecule has 0 aliphatic carbocycles. The highest BCUT2D eigenvalue weighted by Gasteiger charge is 1.93. The van der Waals surface area contributed by atoms with Gasteiger partial charge < -0.3 is 0 Å². The van der Waals surface area contributed by atoms with Crippen molar-refractivity contribution in [1.29, 1.82) is 0 Å². The number of hydrogen-bond donors (Lipinski definition) is 0. The molecule has 0 aliphatic heterocycles. The summed E-state index contributed by atoms with van der Waals surface area (Å²) in [5.41, 5.74) is 0. The van der Waals surface area contributed by atoms with Crippen LogP contribution in [0.4, 0.5) is 0 Å². The summed E-state index contributed by atoms with van der Waals surface area (Å²) in [6.45, 7) is 0. The highest BCUT2D eigenvalue weighted by atomic mass is 28.1. The highest BCUT2D eigenvalue weighted by molar-refractivity contribution is 6.08. The Bertz CT molecular complexity index is 121. The fourth-order valence-electron chi connectivity index (χ4n) is 2.62. The van der Waals surface area contributed by atoms with Gasteiger partial charge in [0.2, 0.25) is 0 Å². The maximum Gasteiger partial charge on any atom is 0.00279 e. The molecule has 0 unspecified atom stereocenters. The molecule has 0 aromatic heterocycles. The van der Waals surface area contributed by atoms with E-state index < -0.39 is 0 Å². The largest absolute Gasteiger partial charge is 0.0658 e. The molecule has 110 valence electrons. The molecule has 0 heterocycles. The zero-order chi connectivity index (χ0) is 13.3. The molecule has 2 heteroatoms. The summed E-state index contributed by atoms with van der Waals surface area (Å²) in [7, 11) is 2.82. The van der Waals surface area contributed by atoms with E-state index in [1.54, 1.807) is 0 Å². The summed E-state index contributed by atoms with van der Waals surface area (Å²) in [6.07, 6.45) is 21.0. The molecule has 0 rings (SSSR count). The predicted molar refractivity (Wildman–Crippen MR) is 94.1 cm³/mol. The van der Waals surface area contributed by atoms with Crippen LogP contribution in [0.1, 0.15) is 89.9 Å². The van der Waals surface area contributed by atoms with E-state index in [1.807, 2.05) is 0 Å². The van der Waals surface area contributed by atoms with E-state index in [9.17, 15) is 0 Å². The van der Waals surface area contributed by atoms with E-state index >= 15 is 0 Å². The molecule has 18 heavy (non-hydrogen) atoms. The van der Waals surface area contributed by atoms with Crippen molar-refractivity contribution in [3.8, 4) is 0 Å². The molecule has 0 spiro atoms. The fourth-order valence-corrected chi connectivity index (χ4v) is 3.62. The second-order valence-electron chi connectivity index (χ2n) is 5.95. The zero-order valence-corrected chi connectivity index (χ0v) is 17.3. The van der Waals surface area contributed by atoms with E-state index in [4.69, 9.17) is 0 Å². The Balaban J connectivity index is 2.86. The summed E-state index contributed by atoms with van der Waals surface area (Å²) >= 11 is 0. The third kappa shape index (κ3) is 16.4. The number of rotatable bonds is 15. The van der Waals surface area contributed by atoms with Crippen LogP contribution in [-0.4, -0.2) is 20.5 Å². The first kappa shape index (κ1) is 18.4. The second kappa shape index (κ2) is 17.4. The van der Waals surface area contributed by atoms with Gasteiger partial charge in [0.05, 0.1) is 0 Å². The molecule has 0 N–H and O–H groups in total. The standard InChI is InChI=1S/C16H38Si2/c17-15-13-11-9-7-5-3-1-2-4-6-8-10-12-14-16-18/h1-16H2,17-18H3. The van der Waals surface area contributed by atoms with Crippen molar-refractivity contribution >= 4 is 20.5 Å². The van der Waals surface area contributed by atoms with Crippen LogP contribution in [0.25, 0.3) is 0 Å². The molecule has 0 amide bonds. The maximum absolute atomic E-state index is 1.51. The van der Waals surface area contributed by atoms with Gasteiger partial charge in [-0.3, -0.25) is 0 Å². The van der Waals surface area contributed by atoms with Crippen molar-refractivity contribution < 1.29 is 0 Å². The summed E-state index contributed by atoms with van der Waals surface area (Å²) in [5, 5.41) is 0. The number of unbranched alkanes of at least 4 members (excludes halogenated alkanes) is 13. The van der Waals surface area contributed by atoms with Crippen LogP contribution in [0, 0.1) is 0 Å². The van der Waals surface area contributed by atoms with Gasteiger partial charge in [0.15, 0.2) is 0 Å². The van der Waals surface area contributed by atoms with Gasteiger partial charge in [-0.05, 0) is 0 Å². The van der Waals surface area contributed by atoms with Crippen LogP contribution >= 0.6 is 0 Å². The van der Waals surface area contributed by atoms with Crippen molar-refractivity contribution in [2.75, 3.05) is 0 Å². The van der Waals surface area contributed by atoms with Crippen molar-refractivity contribution in [3.63, 3.8) is 0 Å². The summed E-state index contributed by atoms with van der Waals surface area (Å²) in [4.78, 5) is 0. The Labute approximate surface area is 123 Å². The maximum atomic E-state index is 1.51. The smallest absolute Gasteiger partial charge is 0.00279 e. The summed E-state index contributed by atoms with van der Waals surface area (Å²) < 4.78 is 0. The van der Waals surface area contributed by atoms with Crippen LogP contribution in [-0.2, 0) is 0 Å². The Morgan fingerprint density at radius 3 is 0.611 bits per heavy atom. The third-order valence-electron chi connectivity index (χ3n) is 3.96. The normalized spacial score (nSPS) is 11.3. The molecular formula is C16H38Si2. The molecular weight excluding hydrogens is 248 g/mol. The van der Waals surface area contributed by atoms with Gasteiger partial charge in [-0.1, -0.05) is 102 Å². The molecule has 0 atom stereocenters. The van der Waals surface area contributed by atoms with Gasteiger partial charge in [-0.2, -0.15) is 0 Å². The van der Waals surface area contributed by atoms with Crippen molar-refractivity contribution in [2.24, 2.45) is 0 Å².